The van der Waals surface area contributed by atoms with Crippen LogP contribution in [0.2, 0.25) is 0 Å². The number of hydrogen-bond acceptors (Lipinski definition) is 19. The molecule has 71 heavy (non-hydrogen) atoms. The Morgan fingerprint density at radius 2 is 0.831 bits per heavy atom. The monoisotopic (exact) mass is 1020 g/mol. The number of unbranched alkanes of at least 4 members (excludes halogenated alkanes) is 2. The van der Waals surface area contributed by atoms with Crippen molar-refractivity contribution in [2.24, 2.45) is 23.1 Å². The molecular formula is C40H70N12O19. The van der Waals surface area contributed by atoms with E-state index < -0.39 is 184 Å². The molecule has 0 aromatic heterocycles. The van der Waals surface area contributed by atoms with Crippen molar-refractivity contribution in [3.05, 3.63) is 0 Å². The van der Waals surface area contributed by atoms with Crippen LogP contribution in [-0.4, -0.2) is 207 Å². The highest BCUT2D eigenvalue weighted by atomic mass is 16.4. The maximum atomic E-state index is 13.5. The number of nitrogens with one attached hydrogen (secondary N) is 9. The molecule has 31 nitrogen and oxygen atoms in total. The SMILES string of the molecule is CC(C)[C@H](NC(=O)[C@H](CCCCN)NC(=O)[C@H](CO)NC(=O)[C@H](CCC(=O)O)NC(=O)[C@H](CO)NC(=O)CNC(=O)[C@H](CO)NC(=O)[C@H](CO)NC(=O)[C@@H](N)CCCCN)C(=O)N[C@@H](CC(=O)O)C(=O)O. The lowest BCUT2D eigenvalue weighted by molar-refractivity contribution is -0.147. The molecule has 0 aliphatic heterocycles. The van der Waals surface area contributed by atoms with Gasteiger partial charge in [-0.1, -0.05) is 20.3 Å². The minimum atomic E-state index is -1.89. The van der Waals surface area contributed by atoms with Crippen molar-refractivity contribution in [2.75, 3.05) is 46.1 Å². The van der Waals surface area contributed by atoms with Gasteiger partial charge >= 0.3 is 17.9 Å². The van der Waals surface area contributed by atoms with E-state index in [-0.39, 0.29) is 25.8 Å². The molecule has 31 heteroatoms. The lowest BCUT2D eigenvalue weighted by Gasteiger charge is -2.28. The first-order valence-corrected chi connectivity index (χ1v) is 22.4. The van der Waals surface area contributed by atoms with Gasteiger partial charge in [0.15, 0.2) is 0 Å². The van der Waals surface area contributed by atoms with Gasteiger partial charge in [-0.05, 0) is 57.5 Å². The number of carbonyl (C=O) groups is 12. The van der Waals surface area contributed by atoms with Gasteiger partial charge in [-0.25, -0.2) is 4.79 Å². The normalized spacial score (nSPS) is 14.8. The Bertz CT molecular complexity index is 1830. The van der Waals surface area contributed by atoms with Crippen LogP contribution >= 0.6 is 0 Å². The number of carbonyl (C=O) groups excluding carboxylic acids is 9. The third kappa shape index (κ3) is 25.2. The molecule has 0 rings (SSSR count). The molecule has 0 spiro atoms. The molecule has 0 aromatic rings. The molecule has 9 amide bonds. The molecular weight excluding hydrogens is 953 g/mol. The molecule has 0 radical (unpaired) electrons. The van der Waals surface area contributed by atoms with Crippen LogP contribution in [0, 0.1) is 5.92 Å². The van der Waals surface area contributed by atoms with Crippen LogP contribution in [0.4, 0.5) is 0 Å². The second kappa shape index (κ2) is 34.6. The lowest BCUT2D eigenvalue weighted by Crippen LogP contribution is -2.61. The second-order valence-electron chi connectivity index (χ2n) is 16.2. The molecule has 404 valence electrons. The molecule has 0 unspecified atom stereocenters. The van der Waals surface area contributed by atoms with Gasteiger partial charge in [-0.3, -0.25) is 52.7 Å². The van der Waals surface area contributed by atoms with Crippen LogP contribution in [-0.2, 0) is 57.5 Å². The lowest BCUT2D eigenvalue weighted by atomic mass is 10.0. The first kappa shape index (κ1) is 64.4. The first-order valence-electron chi connectivity index (χ1n) is 22.4. The second-order valence-corrected chi connectivity index (χ2v) is 16.2. The Balaban J connectivity index is 5.93. The van der Waals surface area contributed by atoms with Crippen LogP contribution in [0.3, 0.4) is 0 Å². The molecule has 0 aliphatic rings. The summed E-state index contributed by atoms with van der Waals surface area (Å²) in [6.07, 6.45) is -0.700. The minimum absolute atomic E-state index is 0.128. The van der Waals surface area contributed by atoms with Gasteiger partial charge in [0.25, 0.3) is 0 Å². The van der Waals surface area contributed by atoms with Gasteiger partial charge in [0.1, 0.15) is 48.3 Å². The highest BCUT2D eigenvalue weighted by Crippen LogP contribution is 2.09. The average Bonchev–Trinajstić information content (AvgIpc) is 3.31. The largest absolute Gasteiger partial charge is 0.481 e. The highest BCUT2D eigenvalue weighted by Gasteiger charge is 2.35. The molecule has 0 aromatic carbocycles. The maximum absolute atomic E-state index is 13.5. The van der Waals surface area contributed by atoms with Crippen LogP contribution in [0.25, 0.3) is 0 Å². The summed E-state index contributed by atoms with van der Waals surface area (Å²) in [4.78, 5) is 151. The van der Waals surface area contributed by atoms with Crippen LogP contribution < -0.4 is 65.1 Å². The number of carboxylic acid groups (broad SMARTS) is 3. The number of nitrogens with two attached hydrogens (primary N) is 3. The Morgan fingerprint density at radius 1 is 0.437 bits per heavy atom. The van der Waals surface area contributed by atoms with Gasteiger partial charge < -0.3 is 101 Å². The van der Waals surface area contributed by atoms with Gasteiger partial charge in [0.05, 0.1) is 45.4 Å². The predicted octanol–water partition coefficient (Wildman–Crippen LogP) is -9.38. The predicted molar refractivity (Wildman–Crippen MR) is 242 cm³/mol. The Morgan fingerprint density at radius 3 is 1.27 bits per heavy atom. The summed E-state index contributed by atoms with van der Waals surface area (Å²) in [6, 6.07) is -14.8. The van der Waals surface area contributed by atoms with Crippen molar-refractivity contribution >= 4 is 71.1 Å². The van der Waals surface area contributed by atoms with Crippen LogP contribution in [0.15, 0.2) is 0 Å². The fourth-order valence-corrected chi connectivity index (χ4v) is 6.04. The van der Waals surface area contributed by atoms with E-state index in [0.29, 0.717) is 25.8 Å². The molecule has 22 N–H and O–H groups in total. The maximum Gasteiger partial charge on any atom is 0.326 e. The summed E-state index contributed by atoms with van der Waals surface area (Å²) >= 11 is 0. The molecule has 0 saturated carbocycles. The number of aliphatic carboxylic acids is 3. The Labute approximate surface area is 406 Å². The zero-order valence-corrected chi connectivity index (χ0v) is 39.3. The number of amides is 9. The van der Waals surface area contributed by atoms with Gasteiger partial charge in [-0.15, -0.1) is 0 Å². The van der Waals surface area contributed by atoms with Crippen molar-refractivity contribution in [1.29, 1.82) is 0 Å². The van der Waals surface area contributed by atoms with Crippen molar-refractivity contribution in [1.82, 2.24) is 47.9 Å². The molecule has 9 atom stereocenters. The Kier molecular flexibility index (Phi) is 31.4. The van der Waals surface area contributed by atoms with E-state index in [9.17, 15) is 88.2 Å². The topological polar surface area (TPSA) is 533 Å². The third-order valence-electron chi connectivity index (χ3n) is 10.1. The van der Waals surface area contributed by atoms with Crippen LogP contribution in [0.1, 0.15) is 71.6 Å². The van der Waals surface area contributed by atoms with E-state index in [4.69, 9.17) is 22.3 Å². The third-order valence-corrected chi connectivity index (χ3v) is 10.1. The summed E-state index contributed by atoms with van der Waals surface area (Å²) in [5, 5.41) is 86.4. The van der Waals surface area contributed by atoms with E-state index >= 15 is 0 Å². The Hall–Kier alpha value is -6.64. The van der Waals surface area contributed by atoms with Crippen molar-refractivity contribution in [3.8, 4) is 0 Å². The zero-order chi connectivity index (χ0) is 54.4. The summed E-state index contributed by atoms with van der Waals surface area (Å²) < 4.78 is 0. The summed E-state index contributed by atoms with van der Waals surface area (Å²) in [5.41, 5.74) is 16.8. The molecule has 0 heterocycles. The fourth-order valence-electron chi connectivity index (χ4n) is 6.04. The van der Waals surface area contributed by atoms with Crippen molar-refractivity contribution in [2.45, 2.75) is 126 Å². The van der Waals surface area contributed by atoms with E-state index in [1.807, 2.05) is 10.6 Å². The number of rotatable bonds is 37. The van der Waals surface area contributed by atoms with E-state index in [0.717, 1.165) is 0 Å². The van der Waals surface area contributed by atoms with E-state index in [2.05, 4.69) is 37.2 Å². The number of aliphatic hydroxyl groups is 4. The standard InChI is InChI=1S/C40H70N12O19/c1-19(2)31(39(69)48-23(40(70)71)13-30(60)61)52-35(65)21(8-4-6-12-42)46-37(67)27(18-56)51-34(64)22(9-10-29(58)59)47-36(66)25(16-54)45-28(57)14-44-33(63)24(15-53)50-38(68)26(17-55)49-32(62)20(43)7-3-5-11-41/h19-27,31,53-56H,3-18,41-43H2,1-2H3,(H,44,63)(H,45,57)(H,46,67)(H,47,66)(H,48,69)(H,49,62)(H,50,68)(H,51,64)(H,52,65)(H,58,59)(H,60,61)(H,70,71)/t20-,21-,22-,23-,24-,25-,26-,27-,31-/m0/s1. The fraction of sp³-hybridized carbons (Fsp3) is 0.700. The molecule has 0 saturated heterocycles. The summed E-state index contributed by atoms with van der Waals surface area (Å²) in [5.74, 6) is -15.4. The first-order chi connectivity index (χ1) is 33.4. The summed E-state index contributed by atoms with van der Waals surface area (Å²) in [7, 11) is 0. The zero-order valence-electron chi connectivity index (χ0n) is 39.3. The van der Waals surface area contributed by atoms with E-state index in [1.165, 1.54) is 13.8 Å². The number of hydrogen-bond donors (Lipinski definition) is 19. The van der Waals surface area contributed by atoms with Gasteiger partial charge in [-0.2, -0.15) is 0 Å². The summed E-state index contributed by atoms with van der Waals surface area (Å²) in [6.45, 7) is -1.74. The van der Waals surface area contributed by atoms with Crippen LogP contribution in [0.5, 0.6) is 0 Å². The molecule has 0 aliphatic carbocycles. The van der Waals surface area contributed by atoms with Gasteiger partial charge in [0, 0.05) is 6.42 Å². The number of aliphatic hydroxyl groups excluding tert-OH is 4. The van der Waals surface area contributed by atoms with Crippen molar-refractivity contribution < 1.29 is 93.3 Å². The van der Waals surface area contributed by atoms with E-state index in [1.54, 1.807) is 0 Å². The average molecular weight is 1020 g/mol. The number of carboxylic acids is 3. The molecule has 0 fully saturated rings. The smallest absolute Gasteiger partial charge is 0.326 e. The quantitative estimate of drug-likeness (QED) is 0.0257. The van der Waals surface area contributed by atoms with Gasteiger partial charge in [0.2, 0.25) is 53.2 Å². The minimum Gasteiger partial charge on any atom is -0.481 e. The highest BCUT2D eigenvalue weighted by molar-refractivity contribution is 5.98. The van der Waals surface area contributed by atoms with Crippen molar-refractivity contribution in [3.63, 3.8) is 0 Å². The molecule has 0 bridgehead atoms.